The van der Waals surface area contributed by atoms with Crippen LogP contribution in [-0.2, 0) is 6.54 Å². The zero-order valence-electron chi connectivity index (χ0n) is 15.6. The number of phenols is 2. The maximum atomic E-state index is 12.9. The van der Waals surface area contributed by atoms with Crippen LogP contribution in [0.1, 0.15) is 17.3 Å². The van der Waals surface area contributed by atoms with Gasteiger partial charge in [-0.1, -0.05) is 0 Å². The van der Waals surface area contributed by atoms with Crippen LogP contribution in [0, 0.1) is 0 Å². The average molecular weight is 384 g/mol. The van der Waals surface area contributed by atoms with E-state index in [-0.39, 0.29) is 22.6 Å². The first-order valence-corrected chi connectivity index (χ1v) is 8.52. The fraction of sp³-hybridized carbons (Fsp3) is 0.200. The monoisotopic (exact) mass is 384 g/mol. The molecule has 0 saturated carbocycles. The van der Waals surface area contributed by atoms with Crippen LogP contribution in [0.15, 0.2) is 41.3 Å². The number of anilines is 1. The maximum absolute atomic E-state index is 12.9. The van der Waals surface area contributed by atoms with Gasteiger partial charge < -0.3 is 29.6 Å². The Hall–Kier alpha value is -3.68. The van der Waals surface area contributed by atoms with Gasteiger partial charge in [0.05, 0.1) is 25.2 Å². The van der Waals surface area contributed by atoms with Crippen molar-refractivity contribution in [1.82, 2.24) is 4.57 Å². The van der Waals surface area contributed by atoms with Gasteiger partial charge in [0.2, 0.25) is 0 Å². The van der Waals surface area contributed by atoms with Gasteiger partial charge in [-0.15, -0.1) is 0 Å². The average Bonchev–Trinajstić information content (AvgIpc) is 2.70. The standard InChI is InChI=1S/C20H20N2O6/c1-4-22-10-14(19(25)21-11-5-6-15(23)16(24)7-11)12-8-17(27-2)18(28-3)9-13(12)20(22)26/h5-10,23-24H,4H2,1-3H3,(H,21,25). The smallest absolute Gasteiger partial charge is 0.258 e. The highest BCUT2D eigenvalue weighted by Gasteiger charge is 2.18. The van der Waals surface area contributed by atoms with E-state index in [1.54, 1.807) is 19.1 Å². The Morgan fingerprint density at radius 3 is 2.25 bits per heavy atom. The van der Waals surface area contributed by atoms with Gasteiger partial charge >= 0.3 is 0 Å². The Labute approximate surface area is 160 Å². The first-order chi connectivity index (χ1) is 13.4. The summed E-state index contributed by atoms with van der Waals surface area (Å²) >= 11 is 0. The molecule has 0 unspecified atom stereocenters. The van der Waals surface area contributed by atoms with Crippen molar-refractivity contribution in [1.29, 1.82) is 0 Å². The minimum Gasteiger partial charge on any atom is -0.504 e. The molecule has 0 aliphatic rings. The lowest BCUT2D eigenvalue weighted by atomic mass is 10.1. The van der Waals surface area contributed by atoms with Gasteiger partial charge in [0, 0.05) is 29.9 Å². The van der Waals surface area contributed by atoms with Gasteiger partial charge in [-0.3, -0.25) is 9.59 Å². The van der Waals surface area contributed by atoms with Gasteiger partial charge in [0.1, 0.15) is 0 Å². The van der Waals surface area contributed by atoms with Gasteiger partial charge in [-0.25, -0.2) is 0 Å². The van der Waals surface area contributed by atoms with E-state index in [4.69, 9.17) is 9.47 Å². The van der Waals surface area contributed by atoms with Crippen molar-refractivity contribution in [3.63, 3.8) is 0 Å². The molecule has 0 atom stereocenters. The second-order valence-electron chi connectivity index (χ2n) is 6.04. The molecule has 1 heterocycles. The van der Waals surface area contributed by atoms with E-state index in [0.29, 0.717) is 34.5 Å². The maximum Gasteiger partial charge on any atom is 0.258 e. The van der Waals surface area contributed by atoms with Crippen LogP contribution >= 0.6 is 0 Å². The lowest BCUT2D eigenvalue weighted by Gasteiger charge is -2.14. The summed E-state index contributed by atoms with van der Waals surface area (Å²) in [7, 11) is 2.94. The summed E-state index contributed by atoms with van der Waals surface area (Å²) in [5.41, 5.74) is 0.297. The first-order valence-electron chi connectivity index (χ1n) is 8.52. The Bertz CT molecular complexity index is 1120. The van der Waals surface area contributed by atoms with Crippen molar-refractivity contribution in [2.45, 2.75) is 13.5 Å². The number of carbonyl (C=O) groups excluding carboxylic acids is 1. The Morgan fingerprint density at radius 1 is 1.04 bits per heavy atom. The summed E-state index contributed by atoms with van der Waals surface area (Å²) in [6.07, 6.45) is 1.48. The zero-order chi connectivity index (χ0) is 20.4. The normalized spacial score (nSPS) is 10.7. The van der Waals surface area contributed by atoms with E-state index >= 15 is 0 Å². The van der Waals surface area contributed by atoms with Crippen molar-refractivity contribution < 1.29 is 24.5 Å². The van der Waals surface area contributed by atoms with Crippen LogP contribution in [0.25, 0.3) is 10.8 Å². The molecule has 0 aliphatic heterocycles. The van der Waals surface area contributed by atoms with Crippen LogP contribution in [0.5, 0.6) is 23.0 Å². The highest BCUT2D eigenvalue weighted by atomic mass is 16.5. The zero-order valence-corrected chi connectivity index (χ0v) is 15.6. The molecular formula is C20H20N2O6. The number of rotatable bonds is 5. The van der Waals surface area contributed by atoms with E-state index < -0.39 is 5.91 Å². The molecule has 0 spiro atoms. The predicted molar refractivity (Wildman–Crippen MR) is 105 cm³/mol. The molecule has 2 aromatic carbocycles. The number of fused-ring (bicyclic) bond motifs is 1. The number of ether oxygens (including phenoxy) is 2. The van der Waals surface area contributed by atoms with Crippen LogP contribution in [0.3, 0.4) is 0 Å². The second kappa shape index (κ2) is 7.51. The molecule has 3 rings (SSSR count). The number of benzene rings is 2. The lowest BCUT2D eigenvalue weighted by Crippen LogP contribution is -2.23. The highest BCUT2D eigenvalue weighted by molar-refractivity contribution is 6.13. The molecule has 1 amide bonds. The van der Waals surface area contributed by atoms with E-state index in [0.717, 1.165) is 0 Å². The van der Waals surface area contributed by atoms with Crippen LogP contribution in [0.2, 0.25) is 0 Å². The summed E-state index contributed by atoms with van der Waals surface area (Å²) in [6.45, 7) is 2.18. The minimum absolute atomic E-state index is 0.253. The number of aromatic nitrogens is 1. The van der Waals surface area contributed by atoms with Crippen molar-refractivity contribution in [2.75, 3.05) is 19.5 Å². The number of hydrogen-bond donors (Lipinski definition) is 3. The number of nitrogens with one attached hydrogen (secondary N) is 1. The number of hydrogen-bond acceptors (Lipinski definition) is 6. The van der Waals surface area contributed by atoms with Gasteiger partial charge in [0.25, 0.3) is 11.5 Å². The summed E-state index contributed by atoms with van der Waals surface area (Å²) in [6, 6.07) is 7.08. The molecule has 0 aliphatic carbocycles. The number of pyridine rings is 1. The molecule has 3 N–H and O–H groups in total. The number of methoxy groups -OCH3 is 2. The summed E-state index contributed by atoms with van der Waals surface area (Å²) < 4.78 is 12.0. The first kappa shape index (κ1) is 19.1. The van der Waals surface area contributed by atoms with Crippen molar-refractivity contribution >= 4 is 22.4 Å². The van der Waals surface area contributed by atoms with E-state index in [1.165, 1.54) is 43.2 Å². The molecule has 0 bridgehead atoms. The molecule has 0 fully saturated rings. The third kappa shape index (κ3) is 3.32. The van der Waals surface area contributed by atoms with Crippen LogP contribution in [-0.4, -0.2) is 34.9 Å². The number of carbonyl (C=O) groups is 1. The number of amides is 1. The molecule has 28 heavy (non-hydrogen) atoms. The lowest BCUT2D eigenvalue weighted by molar-refractivity contribution is 0.102. The van der Waals surface area contributed by atoms with Gasteiger partial charge in [-0.2, -0.15) is 0 Å². The Morgan fingerprint density at radius 2 is 1.68 bits per heavy atom. The van der Waals surface area contributed by atoms with Crippen LogP contribution < -0.4 is 20.3 Å². The minimum atomic E-state index is -0.482. The number of phenolic OH excluding ortho intramolecular Hbond substituents is 2. The fourth-order valence-electron chi connectivity index (χ4n) is 2.93. The summed E-state index contributed by atoms with van der Waals surface area (Å²) in [5.74, 6) is -0.354. The second-order valence-corrected chi connectivity index (χ2v) is 6.04. The van der Waals surface area contributed by atoms with Crippen molar-refractivity contribution in [3.8, 4) is 23.0 Å². The molecule has 146 valence electrons. The van der Waals surface area contributed by atoms with E-state index in [1.807, 2.05) is 0 Å². The molecule has 0 saturated heterocycles. The molecule has 3 aromatic rings. The number of aromatic hydroxyl groups is 2. The van der Waals surface area contributed by atoms with Crippen molar-refractivity contribution in [2.24, 2.45) is 0 Å². The Balaban J connectivity index is 2.17. The molecule has 8 heteroatoms. The molecule has 8 nitrogen and oxygen atoms in total. The number of aryl methyl sites for hydroxylation is 1. The third-order valence-corrected chi connectivity index (χ3v) is 4.41. The summed E-state index contributed by atoms with van der Waals surface area (Å²) in [5, 5.41) is 22.4. The van der Waals surface area contributed by atoms with Gasteiger partial charge in [-0.05, 0) is 31.2 Å². The van der Waals surface area contributed by atoms with Crippen molar-refractivity contribution in [3.05, 3.63) is 52.4 Å². The Kier molecular flexibility index (Phi) is 5.12. The fourth-order valence-corrected chi connectivity index (χ4v) is 2.93. The SMILES string of the molecule is CCn1cc(C(=O)Nc2ccc(O)c(O)c2)c2cc(OC)c(OC)cc2c1=O. The molecular weight excluding hydrogens is 364 g/mol. The molecule has 0 radical (unpaired) electrons. The van der Waals surface area contributed by atoms with E-state index in [9.17, 15) is 19.8 Å². The quantitative estimate of drug-likeness (QED) is 0.461. The topological polar surface area (TPSA) is 110 Å². The van der Waals surface area contributed by atoms with E-state index in [2.05, 4.69) is 5.32 Å². The predicted octanol–water partition coefficient (Wildman–Crippen LogP) is 2.70. The molecule has 1 aromatic heterocycles. The largest absolute Gasteiger partial charge is 0.504 e. The number of nitrogens with zero attached hydrogens (tertiary/aromatic N) is 1. The van der Waals surface area contributed by atoms with Crippen LogP contribution in [0.4, 0.5) is 5.69 Å². The highest BCUT2D eigenvalue weighted by Crippen LogP contribution is 2.33. The third-order valence-electron chi connectivity index (χ3n) is 4.41. The summed E-state index contributed by atoms with van der Waals surface area (Å²) in [4.78, 5) is 25.6. The van der Waals surface area contributed by atoms with Gasteiger partial charge in [0.15, 0.2) is 23.0 Å².